The molecule has 25 heavy (non-hydrogen) atoms. The Bertz CT molecular complexity index is 551. The molecular weight excluding hydrogens is 346 g/mol. The van der Waals surface area contributed by atoms with Crippen molar-refractivity contribution in [2.45, 2.75) is 37.0 Å². The molecule has 0 aliphatic heterocycles. The van der Waals surface area contributed by atoms with Crippen LogP contribution in [0.4, 0.5) is 4.79 Å². The lowest BCUT2D eigenvalue weighted by atomic mass is 9.92. The molecule has 3 atom stereocenters. The lowest BCUT2D eigenvalue weighted by molar-refractivity contribution is -0.202. The molecule has 13 nitrogen and oxygen atoms in total. The topological polar surface area (TPSA) is 240 Å². The number of carboxylic acid groups (broad SMARTS) is 3. The van der Waals surface area contributed by atoms with Crippen molar-refractivity contribution in [3.05, 3.63) is 0 Å². The van der Waals surface area contributed by atoms with E-state index in [2.05, 4.69) is 10.1 Å². The van der Waals surface area contributed by atoms with E-state index in [0.717, 1.165) is 0 Å². The van der Waals surface area contributed by atoms with Crippen molar-refractivity contribution in [3.63, 3.8) is 0 Å². The molecule has 13 heteroatoms. The third-order valence-electron chi connectivity index (χ3n) is 3.03. The minimum atomic E-state index is -3.25. The number of ether oxygens (including phenoxy) is 1. The maximum Gasteiger partial charge on any atom is 0.352 e. The molecule has 0 rings (SSSR count). The van der Waals surface area contributed by atoms with Gasteiger partial charge in [-0.3, -0.25) is 9.59 Å². The van der Waals surface area contributed by atoms with Gasteiger partial charge in [-0.15, -0.1) is 0 Å². The smallest absolute Gasteiger partial charge is 0.352 e. The van der Waals surface area contributed by atoms with Crippen LogP contribution in [-0.2, 0) is 23.9 Å². The largest absolute Gasteiger partial charge is 0.481 e. The first kappa shape index (κ1) is 22.1. The minimum absolute atomic E-state index is 0.0489. The maximum atomic E-state index is 11.9. The second-order valence-corrected chi connectivity index (χ2v) is 4.97. The Hall–Kier alpha value is -2.93. The van der Waals surface area contributed by atoms with Gasteiger partial charge in [-0.05, 0) is 12.8 Å². The number of hydrogen-bond donors (Lipinski definition) is 7. The van der Waals surface area contributed by atoms with Gasteiger partial charge in [0.25, 0.3) is 5.60 Å². The van der Waals surface area contributed by atoms with Crippen LogP contribution in [0, 0.1) is 0 Å². The highest BCUT2D eigenvalue weighted by Gasteiger charge is 2.55. The summed E-state index contributed by atoms with van der Waals surface area (Å²) in [5.41, 5.74) is 7.02. The van der Waals surface area contributed by atoms with E-state index < -0.39 is 54.1 Å². The SMILES string of the molecule is NC(=O)NCCC[C@H](N)C(=O)OC(CC(=O)O)(C(=O)O)C(O)C(=O)O. The van der Waals surface area contributed by atoms with Crippen LogP contribution < -0.4 is 16.8 Å². The van der Waals surface area contributed by atoms with Gasteiger partial charge < -0.3 is 41.9 Å². The van der Waals surface area contributed by atoms with E-state index in [0.29, 0.717) is 0 Å². The number of aliphatic carboxylic acids is 3. The fraction of sp³-hybridized carbons (Fsp3) is 0.583. The first-order chi connectivity index (χ1) is 11.4. The fourth-order valence-electron chi connectivity index (χ4n) is 1.76. The van der Waals surface area contributed by atoms with Crippen molar-refractivity contribution in [2.24, 2.45) is 11.5 Å². The quantitative estimate of drug-likeness (QED) is 0.144. The third-order valence-corrected chi connectivity index (χ3v) is 3.03. The number of hydrogen-bond acceptors (Lipinski definition) is 8. The van der Waals surface area contributed by atoms with Crippen LogP contribution in [-0.4, -0.2) is 74.6 Å². The third kappa shape index (κ3) is 6.60. The number of carbonyl (C=O) groups excluding carboxylic acids is 2. The van der Waals surface area contributed by atoms with Gasteiger partial charge in [0, 0.05) is 6.54 Å². The number of aliphatic hydroxyl groups excluding tert-OH is 1. The van der Waals surface area contributed by atoms with E-state index in [-0.39, 0.29) is 19.4 Å². The molecule has 0 aromatic heterocycles. The van der Waals surface area contributed by atoms with Crippen molar-refractivity contribution in [2.75, 3.05) is 6.54 Å². The van der Waals surface area contributed by atoms with E-state index in [1.807, 2.05) is 0 Å². The van der Waals surface area contributed by atoms with Crippen LogP contribution in [0.25, 0.3) is 0 Å². The molecule has 0 saturated carbocycles. The highest BCUT2D eigenvalue weighted by Crippen LogP contribution is 2.24. The summed E-state index contributed by atoms with van der Waals surface area (Å²) in [6, 6.07) is -2.27. The molecule has 142 valence electrons. The summed E-state index contributed by atoms with van der Waals surface area (Å²) in [4.78, 5) is 55.4. The highest BCUT2D eigenvalue weighted by atomic mass is 16.6. The molecule has 0 aliphatic rings. The van der Waals surface area contributed by atoms with Gasteiger partial charge in [0.2, 0.25) is 6.10 Å². The van der Waals surface area contributed by atoms with Gasteiger partial charge in [-0.2, -0.15) is 0 Å². The number of primary amides is 1. The molecule has 2 amide bonds. The summed E-state index contributed by atoms with van der Waals surface area (Å²) < 4.78 is 4.49. The predicted molar refractivity (Wildman–Crippen MR) is 77.1 cm³/mol. The number of carbonyl (C=O) groups is 5. The Kier molecular flexibility index (Phi) is 8.29. The summed E-state index contributed by atoms with van der Waals surface area (Å²) in [6.07, 6.45) is -4.32. The van der Waals surface area contributed by atoms with Crippen LogP contribution >= 0.6 is 0 Å². The predicted octanol–water partition coefficient (Wildman–Crippen LogP) is -2.95. The van der Waals surface area contributed by atoms with E-state index in [4.69, 9.17) is 26.8 Å². The molecule has 0 aromatic carbocycles. The Labute approximate surface area is 140 Å². The number of carboxylic acids is 3. The Morgan fingerprint density at radius 3 is 2.08 bits per heavy atom. The summed E-state index contributed by atoms with van der Waals surface area (Å²) >= 11 is 0. The van der Waals surface area contributed by atoms with Gasteiger partial charge in [0.15, 0.2) is 0 Å². The second kappa shape index (κ2) is 9.39. The van der Waals surface area contributed by atoms with E-state index >= 15 is 0 Å². The number of aliphatic hydroxyl groups is 1. The standard InChI is InChI=1S/C12H19N3O10/c13-5(2-1-3-15-11(14)24)9(21)25-12(10(22)23,4-6(16)17)7(18)8(19)20/h5,7,18H,1-4,13H2,(H,16,17)(H,19,20)(H,22,23)(H3,14,15,24)/t5-,7?,12?/m0/s1. The van der Waals surface area contributed by atoms with Crippen molar-refractivity contribution in [1.82, 2.24) is 5.32 Å². The second-order valence-electron chi connectivity index (χ2n) is 4.97. The number of esters is 1. The minimum Gasteiger partial charge on any atom is -0.481 e. The molecular formula is C12H19N3O10. The summed E-state index contributed by atoms with van der Waals surface area (Å²) in [5, 5.41) is 38.4. The zero-order valence-electron chi connectivity index (χ0n) is 12.9. The zero-order valence-corrected chi connectivity index (χ0v) is 12.9. The van der Waals surface area contributed by atoms with E-state index in [1.165, 1.54) is 0 Å². The fourth-order valence-corrected chi connectivity index (χ4v) is 1.76. The first-order valence-corrected chi connectivity index (χ1v) is 6.81. The van der Waals surface area contributed by atoms with Crippen molar-refractivity contribution < 1.29 is 49.1 Å². The molecule has 0 fully saturated rings. The molecule has 0 heterocycles. The Morgan fingerprint density at radius 1 is 1.12 bits per heavy atom. The lowest BCUT2D eigenvalue weighted by Gasteiger charge is -2.31. The molecule has 0 saturated heterocycles. The number of amides is 2. The van der Waals surface area contributed by atoms with E-state index in [9.17, 15) is 29.1 Å². The number of urea groups is 1. The molecule has 2 unspecified atom stereocenters. The highest BCUT2D eigenvalue weighted by molar-refractivity contribution is 5.93. The van der Waals surface area contributed by atoms with Gasteiger partial charge in [-0.25, -0.2) is 14.4 Å². The molecule has 9 N–H and O–H groups in total. The molecule has 0 radical (unpaired) electrons. The van der Waals surface area contributed by atoms with Gasteiger partial charge in [-0.1, -0.05) is 0 Å². The zero-order chi connectivity index (χ0) is 19.8. The van der Waals surface area contributed by atoms with Gasteiger partial charge >= 0.3 is 29.9 Å². The van der Waals surface area contributed by atoms with Crippen molar-refractivity contribution in [1.29, 1.82) is 0 Å². The van der Waals surface area contributed by atoms with Crippen LogP contribution in [0.1, 0.15) is 19.3 Å². The summed E-state index contributed by atoms with van der Waals surface area (Å²) in [7, 11) is 0. The first-order valence-electron chi connectivity index (χ1n) is 6.81. The van der Waals surface area contributed by atoms with Crippen molar-refractivity contribution >= 4 is 29.9 Å². The van der Waals surface area contributed by atoms with Gasteiger partial charge in [0.1, 0.15) is 6.04 Å². The average molecular weight is 365 g/mol. The Balaban J connectivity index is 5.19. The van der Waals surface area contributed by atoms with Crippen LogP contribution in [0.15, 0.2) is 0 Å². The maximum absolute atomic E-state index is 11.9. The summed E-state index contributed by atoms with van der Waals surface area (Å²) in [6.45, 7) is 0.0489. The number of nitrogens with one attached hydrogen (secondary N) is 1. The average Bonchev–Trinajstić information content (AvgIpc) is 2.48. The lowest BCUT2D eigenvalue weighted by Crippen LogP contribution is -2.58. The number of nitrogens with two attached hydrogens (primary N) is 2. The van der Waals surface area contributed by atoms with Crippen LogP contribution in [0.3, 0.4) is 0 Å². The monoisotopic (exact) mass is 365 g/mol. The summed E-state index contributed by atoms with van der Waals surface area (Å²) in [5.74, 6) is -7.52. The van der Waals surface area contributed by atoms with Gasteiger partial charge in [0.05, 0.1) is 6.42 Å². The van der Waals surface area contributed by atoms with E-state index in [1.54, 1.807) is 0 Å². The van der Waals surface area contributed by atoms with Crippen LogP contribution in [0.5, 0.6) is 0 Å². The Morgan fingerprint density at radius 2 is 1.68 bits per heavy atom. The normalized spacial score (nSPS) is 15.3. The molecule has 0 spiro atoms. The van der Waals surface area contributed by atoms with Crippen molar-refractivity contribution in [3.8, 4) is 0 Å². The molecule has 0 bridgehead atoms. The number of rotatable bonds is 11. The van der Waals surface area contributed by atoms with Crippen LogP contribution in [0.2, 0.25) is 0 Å². The molecule has 0 aliphatic carbocycles. The molecule has 0 aromatic rings.